The Bertz CT molecular complexity index is 766. The molecule has 10 heteroatoms. The monoisotopic (exact) mass is 443 g/mol. The maximum absolute atomic E-state index is 13.1. The Morgan fingerprint density at radius 3 is 2.32 bits per heavy atom. The number of hydrogen-bond donors (Lipinski definition) is 1. The second-order valence-corrected chi connectivity index (χ2v) is 8.03. The van der Waals surface area contributed by atoms with Crippen LogP contribution in [0.1, 0.15) is 30.4 Å². The quantitative estimate of drug-likeness (QED) is 0.772. The summed E-state index contributed by atoms with van der Waals surface area (Å²) in [5.41, 5.74) is 0.00347. The van der Waals surface area contributed by atoms with Gasteiger partial charge in [-0.05, 0) is 37.0 Å². The molecule has 1 aromatic rings. The lowest BCUT2D eigenvalue weighted by molar-refractivity contribution is -0.137. The van der Waals surface area contributed by atoms with Crippen molar-refractivity contribution in [1.29, 1.82) is 0 Å². The van der Waals surface area contributed by atoms with Crippen molar-refractivity contribution in [3.05, 3.63) is 35.4 Å². The third-order valence-corrected chi connectivity index (χ3v) is 5.93. The summed E-state index contributed by atoms with van der Waals surface area (Å²) < 4.78 is 44.1. The number of morpholine rings is 1. The summed E-state index contributed by atoms with van der Waals surface area (Å²) in [6.45, 7) is 5.06. The second-order valence-electron chi connectivity index (χ2n) is 8.03. The number of carbonyl (C=O) groups is 2. The number of benzene rings is 1. The van der Waals surface area contributed by atoms with E-state index in [0.29, 0.717) is 52.4 Å². The van der Waals surface area contributed by atoms with Gasteiger partial charge < -0.3 is 24.5 Å². The smallest absolute Gasteiger partial charge is 0.416 e. The van der Waals surface area contributed by atoms with Crippen molar-refractivity contribution in [3.8, 4) is 0 Å². The van der Waals surface area contributed by atoms with Gasteiger partial charge in [-0.1, -0.05) is 12.1 Å². The van der Waals surface area contributed by atoms with Gasteiger partial charge in [0.2, 0.25) is 0 Å². The van der Waals surface area contributed by atoms with Gasteiger partial charge in [0.05, 0.1) is 18.8 Å². The number of carboxylic acid groups (broad SMARTS) is 1. The Hall–Kier alpha value is -2.49. The van der Waals surface area contributed by atoms with Gasteiger partial charge in [0, 0.05) is 45.2 Å². The summed E-state index contributed by atoms with van der Waals surface area (Å²) >= 11 is 0. The molecule has 2 atom stereocenters. The molecule has 3 amide bonds. The molecule has 0 bridgehead atoms. The van der Waals surface area contributed by atoms with Gasteiger partial charge in [-0.2, -0.15) is 13.2 Å². The van der Waals surface area contributed by atoms with Crippen LogP contribution < -0.4 is 0 Å². The summed E-state index contributed by atoms with van der Waals surface area (Å²) in [5.74, 6) is -0.277. The van der Waals surface area contributed by atoms with E-state index in [2.05, 4.69) is 0 Å². The van der Waals surface area contributed by atoms with E-state index in [9.17, 15) is 27.9 Å². The molecule has 0 saturated carbocycles. The van der Waals surface area contributed by atoms with E-state index in [1.54, 1.807) is 16.7 Å². The van der Waals surface area contributed by atoms with E-state index in [1.807, 2.05) is 0 Å². The largest absolute Gasteiger partial charge is 0.465 e. The van der Waals surface area contributed by atoms with Crippen LogP contribution in [0.2, 0.25) is 0 Å². The number of alkyl halides is 3. The highest BCUT2D eigenvalue weighted by Crippen LogP contribution is 2.34. The number of likely N-dealkylation sites (tertiary alicyclic amines) is 1. The number of carbonyl (C=O) groups excluding carboxylic acids is 1. The standard InChI is InChI=1S/C21H28F3N3O4/c1-2-25(20(29)30)12-15-11-17(16-3-5-18(6-4-16)21(22,23)24)14-27(13-15)19(28)26-7-9-31-10-8-26/h3-6,15,17H,2,7-14H2,1H3,(H,29,30). The molecule has 2 heterocycles. The molecule has 3 rings (SSSR count). The third kappa shape index (κ3) is 5.81. The van der Waals surface area contributed by atoms with Crippen molar-refractivity contribution in [2.75, 3.05) is 52.5 Å². The van der Waals surface area contributed by atoms with Crippen LogP contribution in [0.15, 0.2) is 24.3 Å². The second kappa shape index (κ2) is 9.76. The minimum Gasteiger partial charge on any atom is -0.465 e. The molecule has 31 heavy (non-hydrogen) atoms. The van der Waals surface area contributed by atoms with Crippen LogP contribution in [-0.2, 0) is 10.9 Å². The number of piperidine rings is 1. The first-order valence-corrected chi connectivity index (χ1v) is 10.5. The zero-order valence-electron chi connectivity index (χ0n) is 17.5. The lowest BCUT2D eigenvalue weighted by Crippen LogP contribution is -2.53. The van der Waals surface area contributed by atoms with Crippen molar-refractivity contribution in [3.63, 3.8) is 0 Å². The zero-order chi connectivity index (χ0) is 22.6. The topological polar surface area (TPSA) is 73.3 Å². The molecule has 2 aliphatic heterocycles. The number of nitrogens with zero attached hydrogens (tertiary/aromatic N) is 3. The van der Waals surface area contributed by atoms with Crippen LogP contribution in [0.4, 0.5) is 22.8 Å². The van der Waals surface area contributed by atoms with E-state index >= 15 is 0 Å². The molecule has 1 aromatic carbocycles. The molecule has 0 spiro atoms. The van der Waals surface area contributed by atoms with E-state index in [0.717, 1.165) is 17.7 Å². The Kier molecular flexibility index (Phi) is 7.30. The molecule has 0 radical (unpaired) electrons. The van der Waals surface area contributed by atoms with E-state index in [1.165, 1.54) is 17.0 Å². The van der Waals surface area contributed by atoms with Crippen molar-refractivity contribution < 1.29 is 32.6 Å². The summed E-state index contributed by atoms with van der Waals surface area (Å²) in [6.07, 6.45) is -4.83. The van der Waals surface area contributed by atoms with Crippen LogP contribution in [0.5, 0.6) is 0 Å². The van der Waals surface area contributed by atoms with Crippen molar-refractivity contribution >= 4 is 12.1 Å². The van der Waals surface area contributed by atoms with Gasteiger partial charge in [0.1, 0.15) is 0 Å². The minimum absolute atomic E-state index is 0.109. The van der Waals surface area contributed by atoms with Crippen LogP contribution in [0.3, 0.4) is 0 Å². The van der Waals surface area contributed by atoms with Crippen molar-refractivity contribution in [1.82, 2.24) is 14.7 Å². The Balaban J connectivity index is 1.80. The molecule has 2 unspecified atom stereocenters. The van der Waals surface area contributed by atoms with Gasteiger partial charge in [0.15, 0.2) is 0 Å². The lowest BCUT2D eigenvalue weighted by atomic mass is 9.84. The van der Waals surface area contributed by atoms with Gasteiger partial charge in [-0.25, -0.2) is 9.59 Å². The summed E-state index contributed by atoms with van der Waals surface area (Å²) in [7, 11) is 0. The lowest BCUT2D eigenvalue weighted by Gasteiger charge is -2.42. The van der Waals surface area contributed by atoms with Crippen LogP contribution in [0, 0.1) is 5.92 Å². The summed E-state index contributed by atoms with van der Waals surface area (Å²) in [4.78, 5) is 29.3. The number of halogens is 3. The van der Waals surface area contributed by atoms with E-state index < -0.39 is 17.8 Å². The van der Waals surface area contributed by atoms with Crippen LogP contribution in [0.25, 0.3) is 0 Å². The first-order valence-electron chi connectivity index (χ1n) is 10.5. The van der Waals surface area contributed by atoms with E-state index in [4.69, 9.17) is 4.74 Å². The summed E-state index contributed by atoms with van der Waals surface area (Å²) in [5, 5.41) is 9.39. The molecule has 2 aliphatic rings. The number of amides is 3. The average Bonchev–Trinajstić information content (AvgIpc) is 2.76. The SMILES string of the molecule is CCN(CC1CC(c2ccc(C(F)(F)F)cc2)CN(C(=O)N2CCOCC2)C1)C(=O)O. The Morgan fingerprint density at radius 1 is 1.13 bits per heavy atom. The van der Waals surface area contributed by atoms with Crippen molar-refractivity contribution in [2.24, 2.45) is 5.92 Å². The number of urea groups is 1. The van der Waals surface area contributed by atoms with Gasteiger partial charge in [-0.3, -0.25) is 0 Å². The number of hydrogen-bond acceptors (Lipinski definition) is 3. The predicted molar refractivity (Wildman–Crippen MR) is 107 cm³/mol. The highest BCUT2D eigenvalue weighted by Gasteiger charge is 2.35. The van der Waals surface area contributed by atoms with Gasteiger partial charge in [0.25, 0.3) is 0 Å². The third-order valence-electron chi connectivity index (χ3n) is 5.93. The highest BCUT2D eigenvalue weighted by atomic mass is 19.4. The maximum atomic E-state index is 13.1. The van der Waals surface area contributed by atoms with Crippen molar-refractivity contribution in [2.45, 2.75) is 25.4 Å². The van der Waals surface area contributed by atoms with E-state index in [-0.39, 0.29) is 24.4 Å². The fourth-order valence-corrected chi connectivity index (χ4v) is 4.29. The zero-order valence-corrected chi connectivity index (χ0v) is 17.5. The first kappa shape index (κ1) is 23.2. The molecule has 0 aromatic heterocycles. The summed E-state index contributed by atoms with van der Waals surface area (Å²) in [6, 6.07) is 4.90. The molecule has 0 aliphatic carbocycles. The van der Waals surface area contributed by atoms with Gasteiger partial charge in [-0.15, -0.1) is 0 Å². The molecule has 2 fully saturated rings. The first-order chi connectivity index (χ1) is 14.7. The molecule has 172 valence electrons. The Morgan fingerprint density at radius 2 is 1.77 bits per heavy atom. The molecular weight excluding hydrogens is 415 g/mol. The molecule has 2 saturated heterocycles. The maximum Gasteiger partial charge on any atom is 0.416 e. The number of ether oxygens (including phenoxy) is 1. The fourth-order valence-electron chi connectivity index (χ4n) is 4.29. The Labute approximate surface area is 179 Å². The molecule has 1 N–H and O–H groups in total. The number of rotatable bonds is 4. The highest BCUT2D eigenvalue weighted by molar-refractivity contribution is 5.75. The van der Waals surface area contributed by atoms with Crippen LogP contribution in [-0.4, -0.2) is 84.4 Å². The average molecular weight is 443 g/mol. The fraction of sp³-hybridized carbons (Fsp3) is 0.619. The molecule has 7 nitrogen and oxygen atoms in total. The normalized spacial score (nSPS) is 22.3. The van der Waals surface area contributed by atoms with Crippen LogP contribution >= 0.6 is 0 Å². The molecular formula is C21H28F3N3O4. The van der Waals surface area contributed by atoms with Gasteiger partial charge >= 0.3 is 18.3 Å². The predicted octanol–water partition coefficient (Wildman–Crippen LogP) is 3.56. The minimum atomic E-state index is -4.41.